The van der Waals surface area contributed by atoms with E-state index in [4.69, 9.17) is 16.7 Å². The van der Waals surface area contributed by atoms with Gasteiger partial charge in [-0.2, -0.15) is 0 Å². The van der Waals surface area contributed by atoms with E-state index in [1.165, 1.54) is 0 Å². The van der Waals surface area contributed by atoms with Gasteiger partial charge in [-0.3, -0.25) is 0 Å². The molecule has 0 heterocycles. The van der Waals surface area contributed by atoms with Gasteiger partial charge in [-0.25, -0.2) is 9.59 Å². The Morgan fingerprint density at radius 1 is 1.44 bits per heavy atom. The normalized spacial score (nSPS) is 11.7. The number of hydrogen-bond acceptors (Lipinski definition) is 2. The first-order chi connectivity index (χ1) is 8.43. The summed E-state index contributed by atoms with van der Waals surface area (Å²) in [6, 6.07) is 3.61. The van der Waals surface area contributed by atoms with E-state index >= 15 is 0 Å². The minimum atomic E-state index is -1.06. The van der Waals surface area contributed by atoms with E-state index in [0.29, 0.717) is 17.1 Å². The number of aliphatic carboxylic acids is 1. The molecule has 0 radical (unpaired) electrons. The van der Waals surface area contributed by atoms with Crippen LogP contribution in [0.5, 0.6) is 0 Å². The van der Waals surface area contributed by atoms with E-state index in [9.17, 15) is 9.59 Å². The smallest absolute Gasteiger partial charge is 0.326 e. The summed E-state index contributed by atoms with van der Waals surface area (Å²) < 4.78 is 0. The van der Waals surface area contributed by atoms with Crippen molar-refractivity contribution in [2.45, 2.75) is 26.3 Å². The van der Waals surface area contributed by atoms with Crippen LogP contribution >= 0.6 is 11.6 Å². The number of rotatable bonds is 4. The second kappa shape index (κ2) is 6.26. The van der Waals surface area contributed by atoms with Crippen molar-refractivity contribution in [3.63, 3.8) is 0 Å². The third-order valence-corrected chi connectivity index (χ3v) is 2.85. The Kier molecular flexibility index (Phi) is 4.97. The Hall–Kier alpha value is -1.75. The van der Waals surface area contributed by atoms with Crippen molar-refractivity contribution >= 4 is 29.3 Å². The molecule has 1 atom stereocenters. The Morgan fingerprint density at radius 2 is 2.11 bits per heavy atom. The molecule has 5 nitrogen and oxygen atoms in total. The van der Waals surface area contributed by atoms with Crippen LogP contribution in [0.4, 0.5) is 10.5 Å². The number of carboxylic acids is 1. The van der Waals surface area contributed by atoms with E-state index in [1.54, 1.807) is 25.1 Å². The highest BCUT2D eigenvalue weighted by molar-refractivity contribution is 6.31. The molecular formula is C12H15ClN2O3. The summed E-state index contributed by atoms with van der Waals surface area (Å²) >= 11 is 5.91. The van der Waals surface area contributed by atoms with Gasteiger partial charge in [0.15, 0.2) is 0 Å². The number of carbonyl (C=O) groups is 2. The molecule has 0 unspecified atom stereocenters. The summed E-state index contributed by atoms with van der Waals surface area (Å²) in [6.07, 6.45) is 0.317. The fourth-order valence-corrected chi connectivity index (χ4v) is 1.51. The summed E-state index contributed by atoms with van der Waals surface area (Å²) in [4.78, 5) is 22.3. The number of halogens is 1. The summed E-state index contributed by atoms with van der Waals surface area (Å²) in [5.74, 6) is -1.06. The fraction of sp³-hybridized carbons (Fsp3) is 0.333. The number of carboxylic acid groups (broad SMARTS) is 1. The van der Waals surface area contributed by atoms with Gasteiger partial charge in [0.05, 0.1) is 0 Å². The van der Waals surface area contributed by atoms with Crippen LogP contribution in [-0.4, -0.2) is 23.1 Å². The molecule has 0 aliphatic heterocycles. The second-order valence-electron chi connectivity index (χ2n) is 3.86. The topological polar surface area (TPSA) is 78.4 Å². The number of amides is 2. The molecule has 0 bridgehead atoms. The third-order valence-electron chi connectivity index (χ3n) is 2.44. The van der Waals surface area contributed by atoms with Crippen LogP contribution in [0.15, 0.2) is 18.2 Å². The summed E-state index contributed by atoms with van der Waals surface area (Å²) in [7, 11) is 0. The molecule has 1 rings (SSSR count). The molecule has 0 fully saturated rings. The van der Waals surface area contributed by atoms with E-state index in [1.807, 2.05) is 6.92 Å². The molecule has 18 heavy (non-hydrogen) atoms. The predicted molar refractivity (Wildman–Crippen MR) is 70.1 cm³/mol. The highest BCUT2D eigenvalue weighted by Gasteiger charge is 2.17. The molecule has 0 saturated heterocycles. The average molecular weight is 271 g/mol. The van der Waals surface area contributed by atoms with E-state index in [0.717, 1.165) is 5.56 Å². The second-order valence-corrected chi connectivity index (χ2v) is 4.27. The zero-order valence-electron chi connectivity index (χ0n) is 10.2. The van der Waals surface area contributed by atoms with Crippen LogP contribution in [-0.2, 0) is 4.79 Å². The maximum Gasteiger partial charge on any atom is 0.326 e. The first kappa shape index (κ1) is 14.3. The summed E-state index contributed by atoms with van der Waals surface area (Å²) in [5.41, 5.74) is 1.42. The van der Waals surface area contributed by atoms with Crippen molar-refractivity contribution in [2.75, 3.05) is 5.32 Å². The Balaban J connectivity index is 2.64. The lowest BCUT2D eigenvalue weighted by molar-refractivity contribution is -0.139. The van der Waals surface area contributed by atoms with Gasteiger partial charge in [0.2, 0.25) is 0 Å². The molecule has 0 saturated carbocycles. The number of benzene rings is 1. The van der Waals surface area contributed by atoms with Crippen LogP contribution in [0, 0.1) is 6.92 Å². The Labute approximate surface area is 110 Å². The standard InChI is InChI=1S/C12H15ClN2O3/c1-3-10(11(16)17)15-12(18)14-8-5-4-7(2)9(13)6-8/h4-6,10H,3H2,1-2H3,(H,16,17)(H2,14,15,18)/t10-/m0/s1. The number of urea groups is 1. The van der Waals surface area contributed by atoms with Gasteiger partial charge in [-0.05, 0) is 31.0 Å². The molecular weight excluding hydrogens is 256 g/mol. The third kappa shape index (κ3) is 3.92. The van der Waals surface area contributed by atoms with Crippen LogP contribution in [0.25, 0.3) is 0 Å². The van der Waals surface area contributed by atoms with Gasteiger partial charge < -0.3 is 15.7 Å². The van der Waals surface area contributed by atoms with Crippen molar-refractivity contribution in [1.29, 1.82) is 0 Å². The van der Waals surface area contributed by atoms with Gasteiger partial charge in [-0.15, -0.1) is 0 Å². The van der Waals surface area contributed by atoms with Crippen molar-refractivity contribution in [3.8, 4) is 0 Å². The highest BCUT2D eigenvalue weighted by Crippen LogP contribution is 2.19. The van der Waals surface area contributed by atoms with E-state index in [2.05, 4.69) is 10.6 Å². The zero-order chi connectivity index (χ0) is 13.7. The SMILES string of the molecule is CC[C@H](NC(=O)Nc1ccc(C)c(Cl)c1)C(=O)O. The number of hydrogen-bond donors (Lipinski definition) is 3. The van der Waals surface area contributed by atoms with Gasteiger partial charge in [0.1, 0.15) is 6.04 Å². The molecule has 0 aliphatic rings. The Morgan fingerprint density at radius 3 is 2.61 bits per heavy atom. The van der Waals surface area contributed by atoms with E-state index in [-0.39, 0.29) is 0 Å². The van der Waals surface area contributed by atoms with Gasteiger partial charge in [0, 0.05) is 10.7 Å². The fourth-order valence-electron chi connectivity index (χ4n) is 1.33. The molecule has 3 N–H and O–H groups in total. The van der Waals surface area contributed by atoms with Crippen LogP contribution in [0.3, 0.4) is 0 Å². The summed E-state index contributed by atoms with van der Waals surface area (Å²) in [5, 5.41) is 14.2. The lowest BCUT2D eigenvalue weighted by atomic mass is 10.2. The van der Waals surface area contributed by atoms with Gasteiger partial charge in [0.25, 0.3) is 0 Å². The number of carbonyl (C=O) groups excluding carboxylic acids is 1. The molecule has 0 aliphatic carbocycles. The molecule has 1 aromatic carbocycles. The summed E-state index contributed by atoms with van der Waals surface area (Å²) in [6.45, 7) is 3.53. The maximum atomic E-state index is 11.6. The molecule has 2 amide bonds. The van der Waals surface area contributed by atoms with Crippen molar-refractivity contribution in [3.05, 3.63) is 28.8 Å². The quantitative estimate of drug-likeness (QED) is 0.787. The zero-order valence-corrected chi connectivity index (χ0v) is 10.9. The Bertz CT molecular complexity index is 463. The minimum Gasteiger partial charge on any atom is -0.480 e. The van der Waals surface area contributed by atoms with Crippen molar-refractivity contribution < 1.29 is 14.7 Å². The van der Waals surface area contributed by atoms with Crippen molar-refractivity contribution in [2.24, 2.45) is 0 Å². The largest absolute Gasteiger partial charge is 0.480 e. The van der Waals surface area contributed by atoms with Crippen molar-refractivity contribution in [1.82, 2.24) is 5.32 Å². The van der Waals surface area contributed by atoms with Crippen LogP contribution in [0.1, 0.15) is 18.9 Å². The first-order valence-corrected chi connectivity index (χ1v) is 5.88. The average Bonchev–Trinajstić information content (AvgIpc) is 2.30. The number of nitrogens with one attached hydrogen (secondary N) is 2. The van der Waals surface area contributed by atoms with Gasteiger partial charge >= 0.3 is 12.0 Å². The molecule has 0 spiro atoms. The van der Waals surface area contributed by atoms with Crippen LogP contribution < -0.4 is 10.6 Å². The number of aryl methyl sites for hydroxylation is 1. The minimum absolute atomic E-state index is 0.317. The first-order valence-electron chi connectivity index (χ1n) is 5.50. The molecule has 1 aromatic rings. The molecule has 0 aromatic heterocycles. The van der Waals surface area contributed by atoms with Gasteiger partial charge in [-0.1, -0.05) is 24.6 Å². The lowest BCUT2D eigenvalue weighted by Gasteiger charge is -2.13. The molecule has 98 valence electrons. The number of anilines is 1. The van der Waals surface area contributed by atoms with E-state index < -0.39 is 18.0 Å². The highest BCUT2D eigenvalue weighted by atomic mass is 35.5. The monoisotopic (exact) mass is 270 g/mol. The van der Waals surface area contributed by atoms with Crippen LogP contribution in [0.2, 0.25) is 5.02 Å². The maximum absolute atomic E-state index is 11.6. The lowest BCUT2D eigenvalue weighted by Crippen LogP contribution is -2.42. The molecule has 6 heteroatoms. The predicted octanol–water partition coefficient (Wildman–Crippen LogP) is 2.63.